The van der Waals surface area contributed by atoms with Crippen molar-refractivity contribution in [2.75, 3.05) is 6.61 Å². The van der Waals surface area contributed by atoms with Crippen LogP contribution in [-0.2, 0) is 17.7 Å². The van der Waals surface area contributed by atoms with Gasteiger partial charge in [-0.1, -0.05) is 13.8 Å². The summed E-state index contributed by atoms with van der Waals surface area (Å²) in [5.74, 6) is 1.58. The Kier molecular flexibility index (Phi) is 5.34. The fourth-order valence-electron chi connectivity index (χ4n) is 2.55. The van der Waals surface area contributed by atoms with Crippen LogP contribution in [0.1, 0.15) is 45.4 Å². The molecule has 0 saturated carbocycles. The highest BCUT2D eigenvalue weighted by Crippen LogP contribution is 2.18. The lowest BCUT2D eigenvalue weighted by molar-refractivity contribution is 0.101. The molecule has 2 heterocycles. The molecule has 1 aromatic rings. The minimum atomic E-state index is 0.152. The van der Waals surface area contributed by atoms with Gasteiger partial charge in [0, 0.05) is 25.6 Å². The van der Waals surface area contributed by atoms with Gasteiger partial charge in [0.15, 0.2) is 0 Å². The molecular formula is C14H26N4O. The predicted octanol–water partition coefficient (Wildman–Crippen LogP) is 1.76. The Labute approximate surface area is 115 Å². The average Bonchev–Trinajstić information content (AvgIpc) is 2.98. The van der Waals surface area contributed by atoms with Gasteiger partial charge in [0.25, 0.3) is 0 Å². The highest BCUT2D eigenvalue weighted by atomic mass is 16.5. The number of aromatic nitrogens is 3. The van der Waals surface area contributed by atoms with E-state index < -0.39 is 0 Å². The summed E-state index contributed by atoms with van der Waals surface area (Å²) in [7, 11) is 0. The van der Waals surface area contributed by atoms with Crippen LogP contribution in [0.4, 0.5) is 0 Å². The van der Waals surface area contributed by atoms with Crippen molar-refractivity contribution in [2.24, 2.45) is 11.7 Å². The Morgan fingerprint density at radius 2 is 2.37 bits per heavy atom. The quantitative estimate of drug-likeness (QED) is 0.816. The van der Waals surface area contributed by atoms with E-state index in [9.17, 15) is 0 Å². The molecule has 0 aliphatic carbocycles. The standard InChI is InChI=1S/C14H26N4O/c1-11(2)9-18-14(16-10-17-18)8-12(15)5-6-13-4-3-7-19-13/h10-13H,3-9,15H2,1-2H3. The van der Waals surface area contributed by atoms with Crippen molar-refractivity contribution >= 4 is 0 Å². The number of ether oxygens (including phenoxy) is 1. The molecular weight excluding hydrogens is 240 g/mol. The number of hydrogen-bond acceptors (Lipinski definition) is 4. The van der Waals surface area contributed by atoms with E-state index in [1.807, 2.05) is 4.68 Å². The summed E-state index contributed by atoms with van der Waals surface area (Å²) in [4.78, 5) is 4.33. The molecule has 0 aromatic carbocycles. The van der Waals surface area contributed by atoms with Crippen LogP contribution in [-0.4, -0.2) is 33.5 Å². The molecule has 0 amide bonds. The Balaban J connectivity index is 1.77. The molecule has 5 nitrogen and oxygen atoms in total. The molecule has 0 spiro atoms. The Morgan fingerprint density at radius 1 is 1.53 bits per heavy atom. The maximum Gasteiger partial charge on any atom is 0.138 e. The first kappa shape index (κ1) is 14.5. The minimum Gasteiger partial charge on any atom is -0.378 e. The second kappa shape index (κ2) is 7.01. The molecule has 1 saturated heterocycles. The van der Waals surface area contributed by atoms with Crippen molar-refractivity contribution in [1.29, 1.82) is 0 Å². The van der Waals surface area contributed by atoms with Crippen molar-refractivity contribution in [3.05, 3.63) is 12.2 Å². The van der Waals surface area contributed by atoms with Gasteiger partial charge in [0.1, 0.15) is 12.2 Å². The molecule has 1 aliphatic rings. The van der Waals surface area contributed by atoms with Crippen LogP contribution < -0.4 is 5.73 Å². The zero-order chi connectivity index (χ0) is 13.7. The van der Waals surface area contributed by atoms with Crippen LogP contribution in [0.2, 0.25) is 0 Å². The van der Waals surface area contributed by atoms with Gasteiger partial charge in [0.2, 0.25) is 0 Å². The Morgan fingerprint density at radius 3 is 3.05 bits per heavy atom. The Hall–Kier alpha value is -0.940. The SMILES string of the molecule is CC(C)Cn1ncnc1CC(N)CCC1CCCO1. The number of nitrogens with two attached hydrogens (primary N) is 1. The molecule has 2 rings (SSSR count). The summed E-state index contributed by atoms with van der Waals surface area (Å²) in [6, 6.07) is 0.152. The summed E-state index contributed by atoms with van der Waals surface area (Å²) in [5.41, 5.74) is 6.21. The molecule has 108 valence electrons. The van der Waals surface area contributed by atoms with Gasteiger partial charge in [-0.2, -0.15) is 5.10 Å². The van der Waals surface area contributed by atoms with E-state index in [1.165, 1.54) is 12.8 Å². The lowest BCUT2D eigenvalue weighted by Gasteiger charge is -2.15. The zero-order valence-electron chi connectivity index (χ0n) is 12.1. The fraction of sp³-hybridized carbons (Fsp3) is 0.857. The third-order valence-electron chi connectivity index (χ3n) is 3.56. The predicted molar refractivity (Wildman–Crippen MR) is 74.7 cm³/mol. The Bertz CT molecular complexity index is 371. The first-order chi connectivity index (χ1) is 9.15. The molecule has 1 aliphatic heterocycles. The molecule has 1 aromatic heterocycles. The van der Waals surface area contributed by atoms with Crippen LogP contribution >= 0.6 is 0 Å². The van der Waals surface area contributed by atoms with Crippen LogP contribution in [0.5, 0.6) is 0 Å². The number of nitrogens with zero attached hydrogens (tertiary/aromatic N) is 3. The van der Waals surface area contributed by atoms with E-state index in [0.29, 0.717) is 12.0 Å². The summed E-state index contributed by atoms with van der Waals surface area (Å²) < 4.78 is 7.61. The van der Waals surface area contributed by atoms with Gasteiger partial charge in [-0.15, -0.1) is 0 Å². The first-order valence-electron chi connectivity index (χ1n) is 7.39. The minimum absolute atomic E-state index is 0.152. The van der Waals surface area contributed by atoms with Gasteiger partial charge in [0.05, 0.1) is 6.10 Å². The van der Waals surface area contributed by atoms with Crippen LogP contribution in [0.25, 0.3) is 0 Å². The van der Waals surface area contributed by atoms with Crippen molar-refractivity contribution in [2.45, 2.75) is 64.6 Å². The van der Waals surface area contributed by atoms with Crippen LogP contribution in [0, 0.1) is 5.92 Å². The van der Waals surface area contributed by atoms with Crippen LogP contribution in [0.3, 0.4) is 0 Å². The average molecular weight is 266 g/mol. The lowest BCUT2D eigenvalue weighted by atomic mass is 10.0. The summed E-state index contributed by atoms with van der Waals surface area (Å²) >= 11 is 0. The van der Waals surface area contributed by atoms with Crippen molar-refractivity contribution in [3.63, 3.8) is 0 Å². The van der Waals surface area contributed by atoms with Crippen LogP contribution in [0.15, 0.2) is 6.33 Å². The largest absolute Gasteiger partial charge is 0.378 e. The van der Waals surface area contributed by atoms with E-state index in [-0.39, 0.29) is 6.04 Å². The molecule has 2 N–H and O–H groups in total. The molecule has 5 heteroatoms. The summed E-state index contributed by atoms with van der Waals surface area (Å²) in [6.07, 6.45) is 7.32. The van der Waals surface area contributed by atoms with E-state index in [1.54, 1.807) is 6.33 Å². The monoisotopic (exact) mass is 266 g/mol. The molecule has 2 unspecified atom stereocenters. The smallest absolute Gasteiger partial charge is 0.138 e. The summed E-state index contributed by atoms with van der Waals surface area (Å²) in [6.45, 7) is 6.20. The van der Waals surface area contributed by atoms with Gasteiger partial charge in [-0.25, -0.2) is 9.67 Å². The van der Waals surface area contributed by atoms with Crippen molar-refractivity contribution in [3.8, 4) is 0 Å². The van der Waals surface area contributed by atoms with Gasteiger partial charge >= 0.3 is 0 Å². The summed E-state index contributed by atoms with van der Waals surface area (Å²) in [5, 5.41) is 4.27. The number of hydrogen-bond donors (Lipinski definition) is 1. The molecule has 0 radical (unpaired) electrons. The molecule has 1 fully saturated rings. The van der Waals surface area contributed by atoms with Crippen molar-refractivity contribution < 1.29 is 4.74 Å². The first-order valence-corrected chi connectivity index (χ1v) is 7.39. The molecule has 19 heavy (non-hydrogen) atoms. The third-order valence-corrected chi connectivity index (χ3v) is 3.56. The highest BCUT2D eigenvalue weighted by molar-refractivity contribution is 4.89. The molecule has 2 atom stereocenters. The fourth-order valence-corrected chi connectivity index (χ4v) is 2.55. The van der Waals surface area contributed by atoms with Gasteiger partial charge in [-0.3, -0.25) is 0 Å². The molecule has 0 bridgehead atoms. The van der Waals surface area contributed by atoms with E-state index in [2.05, 4.69) is 23.9 Å². The second-order valence-electron chi connectivity index (χ2n) is 5.93. The van der Waals surface area contributed by atoms with Gasteiger partial charge < -0.3 is 10.5 Å². The maximum atomic E-state index is 6.21. The highest BCUT2D eigenvalue weighted by Gasteiger charge is 2.17. The maximum absolute atomic E-state index is 6.21. The lowest BCUT2D eigenvalue weighted by Crippen LogP contribution is -2.26. The second-order valence-corrected chi connectivity index (χ2v) is 5.93. The van der Waals surface area contributed by atoms with E-state index in [0.717, 1.165) is 38.2 Å². The normalized spacial score (nSPS) is 21.2. The van der Waals surface area contributed by atoms with E-state index >= 15 is 0 Å². The number of rotatable bonds is 7. The zero-order valence-corrected chi connectivity index (χ0v) is 12.1. The third kappa shape index (κ3) is 4.58. The van der Waals surface area contributed by atoms with Crippen molar-refractivity contribution in [1.82, 2.24) is 14.8 Å². The van der Waals surface area contributed by atoms with Gasteiger partial charge in [-0.05, 0) is 31.6 Å². The topological polar surface area (TPSA) is 66.0 Å². The van der Waals surface area contributed by atoms with E-state index in [4.69, 9.17) is 10.5 Å².